The molecule has 0 radical (unpaired) electrons. The van der Waals surface area contributed by atoms with Gasteiger partial charge in [0.2, 0.25) is 0 Å². The minimum Gasteiger partial charge on any atom is -0.198 e. The van der Waals surface area contributed by atoms with Gasteiger partial charge in [0.1, 0.15) is 0 Å². The Morgan fingerprint density at radius 3 is 1.35 bits per heavy atom. The van der Waals surface area contributed by atoms with Crippen molar-refractivity contribution >= 4 is 20.4 Å². The molecule has 9 heteroatoms. The molecule has 0 saturated heterocycles. The van der Waals surface area contributed by atoms with E-state index in [1.807, 2.05) is 4.13 Å². The van der Waals surface area contributed by atoms with Gasteiger partial charge in [0.25, 0.3) is 20.4 Å². The maximum atomic E-state index is 12.2. The summed E-state index contributed by atoms with van der Waals surface area (Å²) in [7, 11) is -8.10. The van der Waals surface area contributed by atoms with Crippen molar-refractivity contribution in [2.24, 2.45) is 23.7 Å². The molecule has 6 atom stereocenters. The third kappa shape index (κ3) is 3.44. The molecule has 4 saturated carbocycles. The molecule has 3 N–H and O–H groups in total. The molecule has 23 heavy (non-hydrogen) atoms. The second kappa shape index (κ2) is 5.66. The summed E-state index contributed by atoms with van der Waals surface area (Å²) in [4.78, 5) is 0. The van der Waals surface area contributed by atoms with Gasteiger partial charge < -0.3 is 0 Å². The zero-order chi connectivity index (χ0) is 16.2. The van der Waals surface area contributed by atoms with Crippen LogP contribution in [0.4, 0.5) is 0 Å². The first kappa shape index (κ1) is 16.3. The van der Waals surface area contributed by atoms with Gasteiger partial charge in [-0.15, -0.1) is 0 Å². The van der Waals surface area contributed by atoms with Crippen LogP contribution in [0.1, 0.15) is 51.4 Å². The Labute approximate surface area is 138 Å². The Morgan fingerprint density at radius 2 is 1.04 bits per heavy atom. The topological polar surface area (TPSA) is 104 Å². The van der Waals surface area contributed by atoms with Crippen LogP contribution in [-0.4, -0.2) is 28.9 Å². The molecule has 0 aromatic carbocycles. The minimum atomic E-state index is -4.05. The molecule has 0 aliphatic heterocycles. The van der Waals surface area contributed by atoms with Crippen LogP contribution < -0.4 is 13.6 Å². The lowest BCUT2D eigenvalue weighted by Crippen LogP contribution is -2.52. The summed E-state index contributed by atoms with van der Waals surface area (Å²) < 4.78 is 55.6. The van der Waals surface area contributed by atoms with Crippen LogP contribution in [0.25, 0.3) is 0 Å². The standard InChI is InChI=1S/C14H25N3O4S2/c18-22(19,15-13-7-9-1-3-11(13)5-9)17-23(20,21)16-14-8-10-2-4-12(14)6-10/h9-17H,1-8H2/t9-,10+,11+,12-,13+,14-. The number of rotatable bonds is 6. The van der Waals surface area contributed by atoms with E-state index in [0.717, 1.165) is 38.5 Å². The summed E-state index contributed by atoms with van der Waals surface area (Å²) in [6, 6.07) is -0.243. The summed E-state index contributed by atoms with van der Waals surface area (Å²) in [5.74, 6) is 1.91. The van der Waals surface area contributed by atoms with E-state index in [1.165, 1.54) is 12.8 Å². The summed E-state index contributed by atoms with van der Waals surface area (Å²) in [5.41, 5.74) is 0. The zero-order valence-corrected chi connectivity index (χ0v) is 14.7. The number of hydrogen-bond donors (Lipinski definition) is 3. The van der Waals surface area contributed by atoms with Gasteiger partial charge in [0.15, 0.2) is 0 Å². The quantitative estimate of drug-likeness (QED) is 0.643. The van der Waals surface area contributed by atoms with Gasteiger partial charge in [-0.25, -0.2) is 0 Å². The third-order valence-corrected chi connectivity index (χ3v) is 9.29. The van der Waals surface area contributed by atoms with Gasteiger partial charge in [-0.3, -0.25) is 0 Å². The highest BCUT2D eigenvalue weighted by atomic mass is 32.3. The summed E-state index contributed by atoms with van der Waals surface area (Å²) >= 11 is 0. The van der Waals surface area contributed by atoms with Crippen LogP contribution in [0.5, 0.6) is 0 Å². The molecule has 0 aromatic heterocycles. The molecule has 132 valence electrons. The molecule has 4 rings (SSSR count). The zero-order valence-electron chi connectivity index (χ0n) is 13.1. The van der Waals surface area contributed by atoms with Crippen molar-refractivity contribution in [2.45, 2.75) is 63.5 Å². The van der Waals surface area contributed by atoms with Crippen molar-refractivity contribution in [3.8, 4) is 0 Å². The molecule has 4 aliphatic carbocycles. The highest BCUT2D eigenvalue weighted by molar-refractivity contribution is 8.02. The largest absolute Gasteiger partial charge is 0.291 e. The fraction of sp³-hybridized carbons (Fsp3) is 1.00. The Morgan fingerprint density at radius 1 is 0.609 bits per heavy atom. The van der Waals surface area contributed by atoms with Crippen LogP contribution in [0.2, 0.25) is 0 Å². The van der Waals surface area contributed by atoms with Crippen molar-refractivity contribution in [1.82, 2.24) is 13.6 Å². The third-order valence-electron chi connectivity index (χ3n) is 6.31. The van der Waals surface area contributed by atoms with Crippen LogP contribution in [-0.2, 0) is 20.4 Å². The number of hydrogen-bond acceptors (Lipinski definition) is 4. The Bertz CT molecular complexity index is 620. The maximum absolute atomic E-state index is 12.2. The lowest BCUT2D eigenvalue weighted by Gasteiger charge is -2.25. The molecule has 4 fully saturated rings. The molecular formula is C14H25N3O4S2. The molecule has 7 nitrogen and oxygen atoms in total. The van der Waals surface area contributed by atoms with E-state index in [9.17, 15) is 16.8 Å². The first-order chi connectivity index (χ1) is 10.8. The highest BCUT2D eigenvalue weighted by Crippen LogP contribution is 2.45. The maximum Gasteiger partial charge on any atom is 0.291 e. The lowest BCUT2D eigenvalue weighted by molar-refractivity contribution is 0.386. The van der Waals surface area contributed by atoms with Gasteiger partial charge in [0.05, 0.1) is 0 Å². The van der Waals surface area contributed by atoms with E-state index < -0.39 is 20.4 Å². The van der Waals surface area contributed by atoms with Crippen molar-refractivity contribution in [1.29, 1.82) is 0 Å². The Hall–Kier alpha value is -0.220. The van der Waals surface area contributed by atoms with Crippen LogP contribution in [0, 0.1) is 23.7 Å². The van der Waals surface area contributed by atoms with Crippen molar-refractivity contribution < 1.29 is 16.8 Å². The smallest absolute Gasteiger partial charge is 0.198 e. The predicted molar refractivity (Wildman–Crippen MR) is 85.7 cm³/mol. The van der Waals surface area contributed by atoms with Gasteiger partial charge in [-0.05, 0) is 62.2 Å². The predicted octanol–water partition coefficient (Wildman–Crippen LogP) is 0.622. The van der Waals surface area contributed by atoms with E-state index in [4.69, 9.17) is 0 Å². The van der Waals surface area contributed by atoms with Gasteiger partial charge in [-0.2, -0.15) is 26.3 Å². The minimum absolute atomic E-state index is 0.121. The van der Waals surface area contributed by atoms with Gasteiger partial charge >= 0.3 is 0 Å². The summed E-state index contributed by atoms with van der Waals surface area (Å²) in [6.07, 6.45) is 8.17. The van der Waals surface area contributed by atoms with Crippen molar-refractivity contribution in [2.75, 3.05) is 0 Å². The Kier molecular flexibility index (Phi) is 4.00. The molecule has 0 amide bonds. The molecule has 4 bridgehead atoms. The molecule has 0 spiro atoms. The van der Waals surface area contributed by atoms with Gasteiger partial charge in [0, 0.05) is 12.1 Å². The van der Waals surface area contributed by atoms with Crippen LogP contribution in [0.3, 0.4) is 0 Å². The average Bonchev–Trinajstić information content (AvgIpc) is 3.15. The number of fused-ring (bicyclic) bond motifs is 4. The fourth-order valence-electron chi connectivity index (χ4n) is 5.37. The average molecular weight is 364 g/mol. The second-order valence-electron chi connectivity index (χ2n) is 7.89. The van der Waals surface area contributed by atoms with E-state index >= 15 is 0 Å². The van der Waals surface area contributed by atoms with Crippen molar-refractivity contribution in [3.63, 3.8) is 0 Å². The first-order valence-electron chi connectivity index (χ1n) is 8.63. The van der Waals surface area contributed by atoms with Crippen LogP contribution in [0.15, 0.2) is 0 Å². The molecule has 0 aromatic rings. The summed E-state index contributed by atoms with van der Waals surface area (Å²) in [5, 5.41) is 0. The summed E-state index contributed by atoms with van der Waals surface area (Å²) in [6.45, 7) is 0. The Balaban J connectivity index is 1.36. The van der Waals surface area contributed by atoms with Crippen molar-refractivity contribution in [3.05, 3.63) is 0 Å². The molecular weight excluding hydrogens is 338 g/mol. The SMILES string of the molecule is O=S(=O)(N[C@H]1C[C@@H]2CC[C@H]1C2)NS(=O)(=O)N[C@@H]1C[C@H]2CC[C@@H]1C2. The monoisotopic (exact) mass is 363 g/mol. The first-order valence-corrected chi connectivity index (χ1v) is 11.6. The highest BCUT2D eigenvalue weighted by Gasteiger charge is 2.43. The van der Waals surface area contributed by atoms with E-state index in [1.54, 1.807) is 0 Å². The van der Waals surface area contributed by atoms with Crippen LogP contribution >= 0.6 is 0 Å². The molecule has 4 aliphatic rings. The molecule has 0 heterocycles. The van der Waals surface area contributed by atoms with E-state index in [0.29, 0.717) is 23.7 Å². The molecule has 0 unspecified atom stereocenters. The number of nitrogens with one attached hydrogen (secondary N) is 3. The second-order valence-corrected chi connectivity index (χ2v) is 11.0. The van der Waals surface area contributed by atoms with E-state index in [-0.39, 0.29) is 12.1 Å². The fourth-order valence-corrected chi connectivity index (χ4v) is 8.28. The lowest BCUT2D eigenvalue weighted by atomic mass is 9.96. The van der Waals surface area contributed by atoms with E-state index in [2.05, 4.69) is 9.44 Å². The normalized spacial score (nSPS) is 42.6. The van der Waals surface area contributed by atoms with Gasteiger partial charge in [-0.1, -0.05) is 17.0 Å².